The zero-order valence-corrected chi connectivity index (χ0v) is 18.0. The minimum absolute atomic E-state index is 0.112. The van der Waals surface area contributed by atoms with E-state index in [1.807, 2.05) is 55.5 Å². The van der Waals surface area contributed by atoms with Crippen LogP contribution >= 0.6 is 0 Å². The van der Waals surface area contributed by atoms with Crippen molar-refractivity contribution in [1.82, 2.24) is 13.9 Å². The van der Waals surface area contributed by atoms with Gasteiger partial charge in [0.05, 0.1) is 12.0 Å². The molecule has 2 atom stereocenters. The van der Waals surface area contributed by atoms with Crippen molar-refractivity contribution < 1.29 is 13.2 Å². The van der Waals surface area contributed by atoms with E-state index in [1.54, 1.807) is 0 Å². The Hall–Kier alpha value is -2.22. The first-order valence-electron chi connectivity index (χ1n) is 9.88. The minimum Gasteiger partial charge on any atom is -0.345 e. The second-order valence-corrected chi connectivity index (χ2v) is 9.90. The third-order valence-electron chi connectivity index (χ3n) is 5.34. The largest absolute Gasteiger partial charge is 0.345 e. The molecule has 3 rings (SSSR count). The van der Waals surface area contributed by atoms with E-state index in [9.17, 15) is 13.2 Å². The summed E-state index contributed by atoms with van der Waals surface area (Å²) in [5.41, 5.74) is 3.14. The van der Waals surface area contributed by atoms with E-state index in [0.717, 1.165) is 16.7 Å². The maximum atomic E-state index is 13.1. The van der Waals surface area contributed by atoms with E-state index >= 15 is 0 Å². The van der Waals surface area contributed by atoms with Crippen LogP contribution in [0.15, 0.2) is 54.6 Å². The van der Waals surface area contributed by atoms with Crippen molar-refractivity contribution in [3.8, 4) is 0 Å². The first-order valence-corrected chi connectivity index (χ1v) is 11.3. The molecule has 1 saturated heterocycles. The summed E-state index contributed by atoms with van der Waals surface area (Å²) < 4.78 is 27.6. The Morgan fingerprint density at radius 2 is 1.79 bits per heavy atom. The average Bonchev–Trinajstić information content (AvgIpc) is 2.72. The fourth-order valence-corrected chi connectivity index (χ4v) is 4.90. The highest BCUT2D eigenvalue weighted by molar-refractivity contribution is 7.86. The Balaban J connectivity index is 1.82. The van der Waals surface area contributed by atoms with Crippen LogP contribution in [0.5, 0.6) is 0 Å². The minimum atomic E-state index is -3.52. The van der Waals surface area contributed by atoms with E-state index in [0.29, 0.717) is 19.4 Å². The molecule has 0 aromatic heterocycles. The smallest absolute Gasteiger partial charge is 0.281 e. The van der Waals surface area contributed by atoms with E-state index in [-0.39, 0.29) is 24.4 Å². The molecule has 0 bridgehead atoms. The lowest BCUT2D eigenvalue weighted by Crippen LogP contribution is -2.49. The van der Waals surface area contributed by atoms with Crippen LogP contribution in [0.4, 0.5) is 0 Å². The van der Waals surface area contributed by atoms with E-state index in [2.05, 4.69) is 11.4 Å². The molecular formula is C22H29N3O3S. The van der Waals surface area contributed by atoms with Crippen LogP contribution in [0.2, 0.25) is 0 Å². The lowest BCUT2D eigenvalue weighted by molar-refractivity contribution is -0.126. The topological polar surface area (TPSA) is 69.7 Å². The van der Waals surface area contributed by atoms with Crippen molar-refractivity contribution in [2.75, 3.05) is 27.2 Å². The molecule has 6 nitrogen and oxygen atoms in total. The van der Waals surface area contributed by atoms with Crippen molar-refractivity contribution in [2.24, 2.45) is 5.92 Å². The second-order valence-electron chi connectivity index (χ2n) is 7.75. The van der Waals surface area contributed by atoms with Crippen molar-refractivity contribution >= 4 is 16.1 Å². The van der Waals surface area contributed by atoms with E-state index in [1.165, 1.54) is 22.7 Å². The van der Waals surface area contributed by atoms with E-state index in [4.69, 9.17) is 0 Å². The molecule has 0 aliphatic carbocycles. The molecule has 0 radical (unpaired) electrons. The Bertz CT molecular complexity index is 945. The highest BCUT2D eigenvalue weighted by Gasteiger charge is 2.34. The number of aryl methyl sites for hydroxylation is 1. The van der Waals surface area contributed by atoms with Gasteiger partial charge >= 0.3 is 0 Å². The van der Waals surface area contributed by atoms with Gasteiger partial charge in [0.15, 0.2) is 0 Å². The number of carbonyl (C=O) groups excluding carboxylic acids is 1. The number of nitrogens with zero attached hydrogens (tertiary/aromatic N) is 2. The summed E-state index contributed by atoms with van der Waals surface area (Å²) in [6, 6.07) is 17.7. The molecule has 156 valence electrons. The Labute approximate surface area is 173 Å². The molecule has 1 heterocycles. The molecule has 29 heavy (non-hydrogen) atoms. The SMILES string of the molecule is Cc1cccc([C@H](NC(=O)[C@H]2CCCN(S(=O)(=O)N(C)C)C2)c2ccccc2)c1. The highest BCUT2D eigenvalue weighted by atomic mass is 32.2. The summed E-state index contributed by atoms with van der Waals surface area (Å²) in [7, 11) is -0.486. The number of hydrogen-bond donors (Lipinski definition) is 1. The fourth-order valence-electron chi connectivity index (χ4n) is 3.71. The molecule has 1 N–H and O–H groups in total. The Morgan fingerprint density at radius 3 is 2.45 bits per heavy atom. The van der Waals surface area contributed by atoms with Gasteiger partial charge in [-0.15, -0.1) is 0 Å². The Morgan fingerprint density at radius 1 is 1.10 bits per heavy atom. The molecule has 1 aliphatic heterocycles. The first kappa shape index (κ1) is 21.5. The van der Waals surface area contributed by atoms with Crippen molar-refractivity contribution in [3.05, 3.63) is 71.3 Å². The highest BCUT2D eigenvalue weighted by Crippen LogP contribution is 2.26. The van der Waals surface area contributed by atoms with Crippen molar-refractivity contribution in [3.63, 3.8) is 0 Å². The molecule has 2 aromatic rings. The summed E-state index contributed by atoms with van der Waals surface area (Å²) in [4.78, 5) is 13.1. The van der Waals surface area contributed by atoms with Gasteiger partial charge < -0.3 is 5.32 Å². The zero-order chi connectivity index (χ0) is 21.0. The monoisotopic (exact) mass is 415 g/mol. The number of carbonyl (C=O) groups is 1. The van der Waals surface area contributed by atoms with E-state index < -0.39 is 10.2 Å². The summed E-state index contributed by atoms with van der Waals surface area (Å²) in [5.74, 6) is -0.478. The van der Waals surface area contributed by atoms with Crippen LogP contribution in [-0.4, -0.2) is 50.1 Å². The number of piperidine rings is 1. The standard InChI is InChI=1S/C22H29N3O3S/c1-17-9-7-12-19(15-17)21(18-10-5-4-6-11-18)23-22(26)20-13-8-14-25(16-20)29(27,28)24(2)3/h4-7,9-12,15,20-21H,8,13-14,16H2,1-3H3,(H,23,26)/t20-,21+/m0/s1. The predicted molar refractivity (Wildman–Crippen MR) is 115 cm³/mol. The normalized spacial score (nSPS) is 19.1. The molecule has 0 spiro atoms. The summed E-state index contributed by atoms with van der Waals surface area (Å²) in [6.07, 6.45) is 1.35. The van der Waals surface area contributed by atoms with Gasteiger partial charge in [0.25, 0.3) is 10.2 Å². The third-order valence-corrected chi connectivity index (χ3v) is 7.24. The van der Waals surface area contributed by atoms with Gasteiger partial charge in [0.2, 0.25) is 5.91 Å². The van der Waals surface area contributed by atoms with Crippen LogP contribution in [0, 0.1) is 12.8 Å². The number of rotatable bonds is 6. The molecule has 0 saturated carbocycles. The number of amides is 1. The average molecular weight is 416 g/mol. The summed E-state index contributed by atoms with van der Waals surface area (Å²) in [5, 5.41) is 3.17. The molecule has 2 aromatic carbocycles. The maximum absolute atomic E-state index is 13.1. The molecular weight excluding hydrogens is 386 g/mol. The molecule has 7 heteroatoms. The van der Waals surface area contributed by atoms with Gasteiger partial charge in [-0.1, -0.05) is 60.2 Å². The second kappa shape index (κ2) is 9.07. The Kier molecular flexibility index (Phi) is 6.72. The van der Waals surface area contributed by atoms with Crippen molar-refractivity contribution in [2.45, 2.75) is 25.8 Å². The van der Waals surface area contributed by atoms with Gasteiger partial charge in [0.1, 0.15) is 0 Å². The quantitative estimate of drug-likeness (QED) is 0.789. The van der Waals surface area contributed by atoms with Gasteiger partial charge in [-0.2, -0.15) is 17.0 Å². The fraction of sp³-hybridized carbons (Fsp3) is 0.409. The lowest BCUT2D eigenvalue weighted by Gasteiger charge is -2.33. The predicted octanol–water partition coefficient (Wildman–Crippen LogP) is 2.72. The molecule has 1 amide bonds. The van der Waals surface area contributed by atoms with Crippen LogP contribution < -0.4 is 5.32 Å². The van der Waals surface area contributed by atoms with Gasteiger partial charge in [-0.05, 0) is 30.9 Å². The zero-order valence-electron chi connectivity index (χ0n) is 17.2. The van der Waals surface area contributed by atoms with Crippen molar-refractivity contribution in [1.29, 1.82) is 0 Å². The molecule has 1 fully saturated rings. The third kappa shape index (κ3) is 5.04. The van der Waals surface area contributed by atoms with Crippen LogP contribution in [0.25, 0.3) is 0 Å². The first-order chi connectivity index (χ1) is 13.8. The van der Waals surface area contributed by atoms with Crippen LogP contribution in [-0.2, 0) is 15.0 Å². The maximum Gasteiger partial charge on any atom is 0.281 e. The number of benzene rings is 2. The van der Waals surface area contributed by atoms with Crippen LogP contribution in [0.1, 0.15) is 35.6 Å². The molecule has 1 aliphatic rings. The lowest BCUT2D eigenvalue weighted by atomic mass is 9.94. The number of hydrogen-bond acceptors (Lipinski definition) is 3. The number of nitrogens with one attached hydrogen (secondary N) is 1. The van der Waals surface area contributed by atoms with Gasteiger partial charge in [0, 0.05) is 27.2 Å². The summed E-state index contributed by atoms with van der Waals surface area (Å²) >= 11 is 0. The molecule has 0 unspecified atom stereocenters. The van der Waals surface area contributed by atoms with Gasteiger partial charge in [-0.3, -0.25) is 4.79 Å². The van der Waals surface area contributed by atoms with Gasteiger partial charge in [-0.25, -0.2) is 0 Å². The summed E-state index contributed by atoms with van der Waals surface area (Å²) in [6.45, 7) is 2.68. The van der Waals surface area contributed by atoms with Crippen LogP contribution in [0.3, 0.4) is 0 Å².